The Balaban J connectivity index is 1.90. The molecular formula is C17H18ClFS. The molecule has 1 unspecified atom stereocenters. The van der Waals surface area contributed by atoms with Gasteiger partial charge >= 0.3 is 0 Å². The molecule has 0 radical (unpaired) electrons. The zero-order valence-electron chi connectivity index (χ0n) is 11.6. The average molecular weight is 309 g/mol. The van der Waals surface area contributed by atoms with Crippen LogP contribution in [0.3, 0.4) is 0 Å². The van der Waals surface area contributed by atoms with Gasteiger partial charge in [0.1, 0.15) is 5.82 Å². The van der Waals surface area contributed by atoms with E-state index in [1.165, 1.54) is 53.5 Å². The molecule has 0 bridgehead atoms. The summed E-state index contributed by atoms with van der Waals surface area (Å²) < 4.78 is 13.4. The number of hydrogen-bond donors (Lipinski definition) is 0. The first-order valence-corrected chi connectivity index (χ1v) is 8.42. The van der Waals surface area contributed by atoms with E-state index < -0.39 is 0 Å². The van der Waals surface area contributed by atoms with Crippen LogP contribution in [0.5, 0.6) is 0 Å². The van der Waals surface area contributed by atoms with Crippen molar-refractivity contribution < 1.29 is 4.39 Å². The van der Waals surface area contributed by atoms with E-state index >= 15 is 0 Å². The second-order valence-electron chi connectivity index (χ2n) is 5.53. The van der Waals surface area contributed by atoms with Gasteiger partial charge in [-0.3, -0.25) is 0 Å². The topological polar surface area (TPSA) is 0 Å². The highest BCUT2D eigenvalue weighted by molar-refractivity contribution is 7.12. The molecule has 0 saturated carbocycles. The minimum atomic E-state index is -0.167. The van der Waals surface area contributed by atoms with Gasteiger partial charge in [0.15, 0.2) is 0 Å². The summed E-state index contributed by atoms with van der Waals surface area (Å²) in [5.41, 5.74) is 3.13. The van der Waals surface area contributed by atoms with Gasteiger partial charge in [0.2, 0.25) is 0 Å². The molecule has 0 nitrogen and oxygen atoms in total. The highest BCUT2D eigenvalue weighted by Gasteiger charge is 2.18. The summed E-state index contributed by atoms with van der Waals surface area (Å²) in [6.45, 7) is 1.78. The first-order chi connectivity index (χ1) is 9.65. The van der Waals surface area contributed by atoms with Crippen molar-refractivity contribution >= 4 is 22.9 Å². The van der Waals surface area contributed by atoms with E-state index in [1.807, 2.05) is 17.4 Å². The molecule has 1 aromatic heterocycles. The minimum absolute atomic E-state index is 0.161. The van der Waals surface area contributed by atoms with Gasteiger partial charge in [0, 0.05) is 9.75 Å². The van der Waals surface area contributed by atoms with Crippen molar-refractivity contribution in [2.24, 2.45) is 0 Å². The van der Waals surface area contributed by atoms with Gasteiger partial charge in [-0.2, -0.15) is 0 Å². The maximum Gasteiger partial charge on any atom is 0.126 e. The molecule has 1 atom stereocenters. The molecule has 0 aliphatic heterocycles. The number of rotatable bonds is 2. The number of halogens is 2. The molecule has 0 N–H and O–H groups in total. The van der Waals surface area contributed by atoms with E-state index in [2.05, 4.69) is 6.07 Å². The van der Waals surface area contributed by atoms with E-state index in [1.54, 1.807) is 13.0 Å². The lowest BCUT2D eigenvalue weighted by molar-refractivity contribution is 0.617. The van der Waals surface area contributed by atoms with Crippen molar-refractivity contribution in [3.8, 4) is 0 Å². The lowest BCUT2D eigenvalue weighted by Crippen LogP contribution is -1.93. The highest BCUT2D eigenvalue weighted by Crippen LogP contribution is 2.38. The van der Waals surface area contributed by atoms with Gasteiger partial charge in [-0.05, 0) is 61.4 Å². The third-order valence-electron chi connectivity index (χ3n) is 3.99. The van der Waals surface area contributed by atoms with E-state index in [0.717, 1.165) is 5.56 Å². The summed E-state index contributed by atoms with van der Waals surface area (Å²) in [4.78, 5) is 2.70. The van der Waals surface area contributed by atoms with Crippen molar-refractivity contribution in [2.75, 3.05) is 0 Å². The lowest BCUT2D eigenvalue weighted by atomic mass is 10.1. The van der Waals surface area contributed by atoms with Gasteiger partial charge in [-0.15, -0.1) is 22.9 Å². The summed E-state index contributed by atoms with van der Waals surface area (Å²) >= 11 is 8.44. The van der Waals surface area contributed by atoms with Crippen molar-refractivity contribution in [1.29, 1.82) is 0 Å². The maximum absolute atomic E-state index is 13.4. The number of thiophene rings is 1. The zero-order chi connectivity index (χ0) is 14.1. The molecule has 3 heteroatoms. The first kappa shape index (κ1) is 14.1. The summed E-state index contributed by atoms with van der Waals surface area (Å²) in [5.74, 6) is -0.167. The molecule has 2 aromatic rings. The first-order valence-electron chi connectivity index (χ1n) is 7.17. The molecule has 20 heavy (non-hydrogen) atoms. The summed E-state index contributed by atoms with van der Waals surface area (Å²) in [5, 5.41) is -0.161. The Labute approximate surface area is 128 Å². The summed E-state index contributed by atoms with van der Waals surface area (Å²) in [6.07, 6.45) is 6.27. The Morgan fingerprint density at radius 2 is 1.95 bits per heavy atom. The Bertz CT molecular complexity index is 594. The quantitative estimate of drug-likeness (QED) is 0.486. The third-order valence-corrected chi connectivity index (χ3v) is 5.91. The smallest absolute Gasteiger partial charge is 0.126 e. The normalized spacial score (nSPS) is 16.6. The van der Waals surface area contributed by atoms with Crippen LogP contribution in [-0.2, 0) is 12.8 Å². The number of hydrogen-bond acceptors (Lipinski definition) is 1. The Hall–Kier alpha value is -0.860. The van der Waals surface area contributed by atoms with Gasteiger partial charge in [-0.1, -0.05) is 18.6 Å². The van der Waals surface area contributed by atoms with Crippen LogP contribution in [0.2, 0.25) is 0 Å². The third kappa shape index (κ3) is 2.77. The number of alkyl halides is 1. The fraction of sp³-hybridized carbons (Fsp3) is 0.412. The molecule has 1 aliphatic carbocycles. The molecule has 0 spiro atoms. The van der Waals surface area contributed by atoms with Crippen LogP contribution in [0.25, 0.3) is 0 Å². The molecule has 106 valence electrons. The minimum Gasteiger partial charge on any atom is -0.207 e. The van der Waals surface area contributed by atoms with Crippen LogP contribution in [-0.4, -0.2) is 0 Å². The van der Waals surface area contributed by atoms with E-state index in [0.29, 0.717) is 5.56 Å². The fourth-order valence-corrected chi connectivity index (χ4v) is 4.40. The predicted molar refractivity (Wildman–Crippen MR) is 84.4 cm³/mol. The SMILES string of the molecule is Cc1cc(C(Cl)c2cc3c(s2)CCCCC3)ccc1F. The number of aryl methyl sites for hydroxylation is 3. The van der Waals surface area contributed by atoms with Crippen LogP contribution >= 0.6 is 22.9 Å². The van der Waals surface area contributed by atoms with Crippen molar-refractivity contribution in [3.05, 3.63) is 56.5 Å². The average Bonchev–Trinajstić information content (AvgIpc) is 2.72. The van der Waals surface area contributed by atoms with Crippen LogP contribution in [0.1, 0.15) is 51.1 Å². The van der Waals surface area contributed by atoms with Crippen LogP contribution in [0, 0.1) is 12.7 Å². The van der Waals surface area contributed by atoms with Gasteiger partial charge < -0.3 is 0 Å². The number of benzene rings is 1. The number of fused-ring (bicyclic) bond motifs is 1. The Kier molecular flexibility index (Phi) is 4.13. The largest absolute Gasteiger partial charge is 0.207 e. The summed E-state index contributed by atoms with van der Waals surface area (Å²) in [6, 6.07) is 7.43. The second-order valence-corrected chi connectivity index (χ2v) is 7.13. The van der Waals surface area contributed by atoms with Gasteiger partial charge in [0.05, 0.1) is 5.38 Å². The van der Waals surface area contributed by atoms with Gasteiger partial charge in [0.25, 0.3) is 0 Å². The zero-order valence-corrected chi connectivity index (χ0v) is 13.2. The highest BCUT2D eigenvalue weighted by atomic mass is 35.5. The van der Waals surface area contributed by atoms with Crippen molar-refractivity contribution in [1.82, 2.24) is 0 Å². The molecule has 1 heterocycles. The molecule has 0 amide bonds. The van der Waals surface area contributed by atoms with E-state index in [4.69, 9.17) is 11.6 Å². The van der Waals surface area contributed by atoms with Crippen LogP contribution in [0.15, 0.2) is 24.3 Å². The van der Waals surface area contributed by atoms with Crippen LogP contribution < -0.4 is 0 Å². The molecule has 0 saturated heterocycles. The Morgan fingerprint density at radius 1 is 1.15 bits per heavy atom. The molecule has 1 aliphatic rings. The van der Waals surface area contributed by atoms with Crippen molar-refractivity contribution in [2.45, 2.75) is 44.4 Å². The van der Waals surface area contributed by atoms with Gasteiger partial charge in [-0.25, -0.2) is 4.39 Å². The van der Waals surface area contributed by atoms with E-state index in [-0.39, 0.29) is 11.2 Å². The molecule has 1 aromatic carbocycles. The van der Waals surface area contributed by atoms with Crippen molar-refractivity contribution in [3.63, 3.8) is 0 Å². The van der Waals surface area contributed by atoms with E-state index in [9.17, 15) is 4.39 Å². The Morgan fingerprint density at radius 3 is 2.75 bits per heavy atom. The molecular weight excluding hydrogens is 291 g/mol. The standard InChI is InChI=1S/C17H18ClFS/c1-11-9-13(7-8-14(11)19)17(18)16-10-12-5-3-2-4-6-15(12)20-16/h7-10,17H,2-6H2,1H3. The maximum atomic E-state index is 13.4. The molecule has 0 fully saturated rings. The lowest BCUT2D eigenvalue weighted by Gasteiger charge is -2.09. The van der Waals surface area contributed by atoms with Crippen LogP contribution in [0.4, 0.5) is 4.39 Å². The summed E-state index contributed by atoms with van der Waals surface area (Å²) in [7, 11) is 0. The molecule has 3 rings (SSSR count). The predicted octanol–water partition coefficient (Wildman–Crippen LogP) is 5.79. The fourth-order valence-electron chi connectivity index (χ4n) is 2.81. The second kappa shape index (κ2) is 5.87. The monoisotopic (exact) mass is 308 g/mol.